The number of halogens is 1. The Kier molecular flexibility index (Phi) is 4.62. The Morgan fingerprint density at radius 1 is 1.33 bits per heavy atom. The number of piperidine rings is 2. The second-order valence-corrected chi connectivity index (χ2v) is 6.47. The lowest BCUT2D eigenvalue weighted by atomic mass is 9.84. The molecule has 0 bridgehead atoms. The van der Waals surface area contributed by atoms with E-state index in [-0.39, 0.29) is 0 Å². The van der Waals surface area contributed by atoms with Gasteiger partial charge in [-0.05, 0) is 38.8 Å². The van der Waals surface area contributed by atoms with Crippen molar-refractivity contribution in [3.05, 3.63) is 17.0 Å². The average molecular weight is 311 g/mol. The molecule has 0 N–H and O–H groups in total. The lowest BCUT2D eigenvalue weighted by Gasteiger charge is -2.46. The SMILES string of the molecule is COCc1nc(Cl)cc(N2CCC3C(CCCN3C)C2)n1. The van der Waals surface area contributed by atoms with Gasteiger partial charge in [0.15, 0.2) is 5.82 Å². The first kappa shape index (κ1) is 15.0. The van der Waals surface area contributed by atoms with Crippen LogP contribution in [0.4, 0.5) is 5.82 Å². The summed E-state index contributed by atoms with van der Waals surface area (Å²) in [6.07, 6.45) is 3.81. The lowest BCUT2D eigenvalue weighted by molar-refractivity contribution is 0.102. The highest BCUT2D eigenvalue weighted by molar-refractivity contribution is 6.29. The summed E-state index contributed by atoms with van der Waals surface area (Å²) in [5, 5.41) is 0.495. The molecule has 2 saturated heterocycles. The Balaban J connectivity index is 1.75. The summed E-state index contributed by atoms with van der Waals surface area (Å²) in [5.74, 6) is 2.33. The largest absolute Gasteiger partial charge is 0.377 e. The van der Waals surface area contributed by atoms with Gasteiger partial charge in [0.25, 0.3) is 0 Å². The van der Waals surface area contributed by atoms with Crippen LogP contribution in [0.15, 0.2) is 6.07 Å². The molecule has 0 aliphatic carbocycles. The highest BCUT2D eigenvalue weighted by Gasteiger charge is 2.34. The zero-order chi connectivity index (χ0) is 14.8. The Labute approximate surface area is 131 Å². The van der Waals surface area contributed by atoms with E-state index in [4.69, 9.17) is 16.3 Å². The Morgan fingerprint density at radius 3 is 3.00 bits per heavy atom. The number of hydrogen-bond donors (Lipinski definition) is 0. The molecule has 0 amide bonds. The van der Waals surface area contributed by atoms with Crippen molar-refractivity contribution < 1.29 is 4.74 Å². The minimum Gasteiger partial charge on any atom is -0.377 e. The van der Waals surface area contributed by atoms with E-state index >= 15 is 0 Å². The van der Waals surface area contributed by atoms with Gasteiger partial charge in [0.05, 0.1) is 0 Å². The van der Waals surface area contributed by atoms with Gasteiger partial charge in [-0.1, -0.05) is 11.6 Å². The monoisotopic (exact) mass is 310 g/mol. The van der Waals surface area contributed by atoms with E-state index in [1.165, 1.54) is 25.8 Å². The lowest BCUT2D eigenvalue weighted by Crippen LogP contribution is -2.53. The summed E-state index contributed by atoms with van der Waals surface area (Å²) in [5.41, 5.74) is 0. The van der Waals surface area contributed by atoms with Crippen LogP contribution in [0.25, 0.3) is 0 Å². The van der Waals surface area contributed by atoms with E-state index in [0.29, 0.717) is 17.6 Å². The van der Waals surface area contributed by atoms with Crippen LogP contribution in [0.5, 0.6) is 0 Å². The van der Waals surface area contributed by atoms with Crippen LogP contribution in [-0.4, -0.2) is 54.7 Å². The average Bonchev–Trinajstić information content (AvgIpc) is 2.47. The molecule has 3 heterocycles. The first-order valence-corrected chi connectivity index (χ1v) is 8.02. The fourth-order valence-corrected chi connectivity index (χ4v) is 3.86. The van der Waals surface area contributed by atoms with Gasteiger partial charge in [-0.3, -0.25) is 0 Å². The van der Waals surface area contributed by atoms with Gasteiger partial charge in [-0.25, -0.2) is 9.97 Å². The van der Waals surface area contributed by atoms with Crippen LogP contribution in [0, 0.1) is 5.92 Å². The van der Waals surface area contributed by atoms with Crippen molar-refractivity contribution in [2.45, 2.75) is 31.9 Å². The molecule has 3 rings (SSSR count). The third-order valence-electron chi connectivity index (χ3n) is 4.67. The molecule has 6 heteroatoms. The molecule has 0 saturated carbocycles. The minimum atomic E-state index is 0.399. The molecule has 2 aliphatic rings. The number of methoxy groups -OCH3 is 1. The maximum Gasteiger partial charge on any atom is 0.158 e. The summed E-state index contributed by atoms with van der Waals surface area (Å²) in [4.78, 5) is 13.7. The molecule has 0 spiro atoms. The van der Waals surface area contributed by atoms with Crippen molar-refractivity contribution in [2.75, 3.05) is 38.7 Å². The fraction of sp³-hybridized carbons (Fsp3) is 0.733. The third-order valence-corrected chi connectivity index (χ3v) is 4.86. The van der Waals surface area contributed by atoms with E-state index < -0.39 is 0 Å². The van der Waals surface area contributed by atoms with Crippen molar-refractivity contribution in [1.29, 1.82) is 0 Å². The number of likely N-dealkylation sites (tertiary alicyclic amines) is 1. The van der Waals surface area contributed by atoms with E-state index in [1.54, 1.807) is 7.11 Å². The summed E-state index contributed by atoms with van der Waals surface area (Å²) in [7, 11) is 3.90. The highest BCUT2D eigenvalue weighted by Crippen LogP contribution is 2.31. The molecular formula is C15H23ClN4O. The molecule has 2 fully saturated rings. The summed E-state index contributed by atoms with van der Waals surface area (Å²) < 4.78 is 5.12. The van der Waals surface area contributed by atoms with E-state index in [0.717, 1.165) is 30.9 Å². The van der Waals surface area contributed by atoms with E-state index in [2.05, 4.69) is 26.8 Å². The standard InChI is InChI=1S/C15H23ClN4O/c1-19-6-3-4-11-9-20(7-5-12(11)19)15-8-13(16)17-14(18-15)10-21-2/h8,11-12H,3-7,9-10H2,1-2H3. The normalized spacial score (nSPS) is 26.7. The van der Waals surface area contributed by atoms with Crippen molar-refractivity contribution in [3.63, 3.8) is 0 Å². The highest BCUT2D eigenvalue weighted by atomic mass is 35.5. The van der Waals surface area contributed by atoms with Gasteiger partial charge in [-0.15, -0.1) is 0 Å². The number of fused-ring (bicyclic) bond motifs is 1. The molecule has 2 atom stereocenters. The van der Waals surface area contributed by atoms with Crippen molar-refractivity contribution in [3.8, 4) is 0 Å². The first-order valence-electron chi connectivity index (χ1n) is 7.65. The molecule has 0 aromatic carbocycles. The molecule has 1 aromatic rings. The number of ether oxygens (including phenoxy) is 1. The van der Waals surface area contributed by atoms with Crippen molar-refractivity contribution in [2.24, 2.45) is 5.92 Å². The summed E-state index contributed by atoms with van der Waals surface area (Å²) >= 11 is 6.12. The molecule has 0 radical (unpaired) electrons. The summed E-state index contributed by atoms with van der Waals surface area (Å²) in [6.45, 7) is 3.73. The molecule has 5 nitrogen and oxygen atoms in total. The predicted molar refractivity (Wildman–Crippen MR) is 83.7 cm³/mol. The van der Waals surface area contributed by atoms with Gasteiger partial charge in [-0.2, -0.15) is 0 Å². The van der Waals surface area contributed by atoms with Gasteiger partial charge in [0.1, 0.15) is 17.6 Å². The molecule has 2 aliphatic heterocycles. The summed E-state index contributed by atoms with van der Waals surface area (Å²) in [6, 6.07) is 2.60. The Bertz CT molecular complexity index is 499. The molecule has 1 aromatic heterocycles. The van der Waals surface area contributed by atoms with Crippen LogP contribution in [0.2, 0.25) is 5.15 Å². The van der Waals surface area contributed by atoms with Crippen molar-refractivity contribution in [1.82, 2.24) is 14.9 Å². The molecule has 116 valence electrons. The zero-order valence-electron chi connectivity index (χ0n) is 12.8. The van der Waals surface area contributed by atoms with Crippen LogP contribution in [0.3, 0.4) is 0 Å². The van der Waals surface area contributed by atoms with Gasteiger partial charge in [0.2, 0.25) is 0 Å². The van der Waals surface area contributed by atoms with E-state index in [1.807, 2.05) is 6.07 Å². The minimum absolute atomic E-state index is 0.399. The number of rotatable bonds is 3. The molecule has 21 heavy (non-hydrogen) atoms. The second kappa shape index (κ2) is 6.46. The number of nitrogens with zero attached hydrogens (tertiary/aromatic N) is 4. The molecule has 2 unspecified atom stereocenters. The van der Waals surface area contributed by atoms with Crippen molar-refractivity contribution >= 4 is 17.4 Å². The number of anilines is 1. The zero-order valence-corrected chi connectivity index (χ0v) is 13.5. The Morgan fingerprint density at radius 2 is 2.19 bits per heavy atom. The third kappa shape index (κ3) is 3.30. The van der Waals surface area contributed by atoms with Crippen LogP contribution in [0.1, 0.15) is 25.1 Å². The number of aromatic nitrogens is 2. The first-order chi connectivity index (χ1) is 10.2. The van der Waals surface area contributed by atoms with Crippen LogP contribution in [-0.2, 0) is 11.3 Å². The van der Waals surface area contributed by atoms with E-state index in [9.17, 15) is 0 Å². The quantitative estimate of drug-likeness (QED) is 0.801. The fourth-order valence-electron chi connectivity index (χ4n) is 3.67. The van der Waals surface area contributed by atoms with Crippen LogP contribution >= 0.6 is 11.6 Å². The topological polar surface area (TPSA) is 41.5 Å². The smallest absolute Gasteiger partial charge is 0.158 e. The maximum atomic E-state index is 6.12. The van der Waals surface area contributed by atoms with Gasteiger partial charge < -0.3 is 14.5 Å². The van der Waals surface area contributed by atoms with Gasteiger partial charge in [0, 0.05) is 32.3 Å². The Hall–Kier alpha value is -0.910. The predicted octanol–water partition coefficient (Wildman–Crippen LogP) is 2.20. The number of hydrogen-bond acceptors (Lipinski definition) is 5. The van der Waals surface area contributed by atoms with Gasteiger partial charge >= 0.3 is 0 Å². The van der Waals surface area contributed by atoms with Crippen LogP contribution < -0.4 is 4.90 Å². The maximum absolute atomic E-state index is 6.12. The molecular weight excluding hydrogens is 288 g/mol. The second-order valence-electron chi connectivity index (χ2n) is 6.08.